The maximum absolute atomic E-state index is 6.02. The Kier molecular flexibility index (Phi) is 10.4. The van der Waals surface area contributed by atoms with Crippen LogP contribution >= 0.6 is 0 Å². The quantitative estimate of drug-likeness (QED) is 0.562. The van der Waals surface area contributed by atoms with Gasteiger partial charge in [0, 0.05) is 12.6 Å². The fourth-order valence-corrected chi connectivity index (χ4v) is 3.76. The van der Waals surface area contributed by atoms with E-state index in [9.17, 15) is 0 Å². The highest BCUT2D eigenvalue weighted by molar-refractivity contribution is 4.84. The lowest BCUT2D eigenvalue weighted by molar-refractivity contribution is 0.0934. The zero-order valence-corrected chi connectivity index (χ0v) is 14.1. The average Bonchev–Trinajstić information content (AvgIpc) is 2.49. The van der Waals surface area contributed by atoms with Gasteiger partial charge in [0.1, 0.15) is 0 Å². The highest BCUT2D eigenvalue weighted by Crippen LogP contribution is 2.26. The molecule has 0 spiro atoms. The standard InChI is InChI=1S/C18H38N2/c1-3-5-6-7-8-9-10-11-14-20-15-12-13-17(4-2)18(20)16-19/h17-18H,3-16,19H2,1-2H3. The largest absolute Gasteiger partial charge is 0.329 e. The molecule has 0 saturated carbocycles. The summed E-state index contributed by atoms with van der Waals surface area (Å²) >= 11 is 0. The van der Waals surface area contributed by atoms with Crippen molar-refractivity contribution in [3.05, 3.63) is 0 Å². The molecule has 0 aliphatic carbocycles. The second-order valence-electron chi connectivity index (χ2n) is 6.62. The Morgan fingerprint density at radius 3 is 2.20 bits per heavy atom. The minimum absolute atomic E-state index is 0.665. The van der Waals surface area contributed by atoms with Gasteiger partial charge in [-0.3, -0.25) is 4.90 Å². The SMILES string of the molecule is CCCCCCCCCCN1CCCC(CC)C1CN. The van der Waals surface area contributed by atoms with Crippen molar-refractivity contribution in [2.75, 3.05) is 19.6 Å². The Bertz CT molecular complexity index is 217. The summed E-state index contributed by atoms with van der Waals surface area (Å²) in [4.78, 5) is 2.69. The Labute approximate surface area is 127 Å². The van der Waals surface area contributed by atoms with Crippen LogP contribution in [-0.2, 0) is 0 Å². The fraction of sp³-hybridized carbons (Fsp3) is 1.00. The summed E-state index contributed by atoms with van der Waals surface area (Å²) in [7, 11) is 0. The number of rotatable bonds is 11. The van der Waals surface area contributed by atoms with E-state index in [0.717, 1.165) is 12.5 Å². The van der Waals surface area contributed by atoms with Crippen molar-refractivity contribution in [2.24, 2.45) is 11.7 Å². The molecule has 0 bridgehead atoms. The van der Waals surface area contributed by atoms with E-state index in [4.69, 9.17) is 5.73 Å². The fourth-order valence-electron chi connectivity index (χ4n) is 3.76. The van der Waals surface area contributed by atoms with Crippen molar-refractivity contribution >= 4 is 0 Å². The van der Waals surface area contributed by atoms with Gasteiger partial charge in [-0.1, -0.05) is 65.2 Å². The van der Waals surface area contributed by atoms with Crippen molar-refractivity contribution in [3.63, 3.8) is 0 Å². The van der Waals surface area contributed by atoms with E-state index in [0.29, 0.717) is 6.04 Å². The molecule has 1 aliphatic heterocycles. The van der Waals surface area contributed by atoms with Crippen LogP contribution in [0.1, 0.15) is 84.5 Å². The first-order valence-corrected chi connectivity index (χ1v) is 9.27. The molecule has 0 aromatic rings. The Morgan fingerprint density at radius 1 is 0.950 bits per heavy atom. The summed E-state index contributed by atoms with van der Waals surface area (Å²) in [5.74, 6) is 0.850. The highest BCUT2D eigenvalue weighted by atomic mass is 15.2. The second-order valence-corrected chi connectivity index (χ2v) is 6.62. The lowest BCUT2D eigenvalue weighted by Gasteiger charge is -2.40. The van der Waals surface area contributed by atoms with Crippen molar-refractivity contribution in [1.29, 1.82) is 0 Å². The molecule has 2 atom stereocenters. The first-order valence-electron chi connectivity index (χ1n) is 9.27. The number of likely N-dealkylation sites (tertiary alicyclic amines) is 1. The first-order chi connectivity index (χ1) is 9.83. The third-order valence-corrected chi connectivity index (χ3v) is 5.10. The lowest BCUT2D eigenvalue weighted by Crippen LogP contribution is -2.49. The number of nitrogens with two attached hydrogens (primary N) is 1. The van der Waals surface area contributed by atoms with Crippen LogP contribution in [0.15, 0.2) is 0 Å². The molecule has 0 aromatic heterocycles. The van der Waals surface area contributed by atoms with Crippen LogP contribution in [0.4, 0.5) is 0 Å². The molecule has 2 heteroatoms. The van der Waals surface area contributed by atoms with Gasteiger partial charge in [0.25, 0.3) is 0 Å². The van der Waals surface area contributed by atoms with Gasteiger partial charge in [-0.25, -0.2) is 0 Å². The summed E-state index contributed by atoms with van der Waals surface area (Å²) in [5, 5.41) is 0. The molecule has 0 radical (unpaired) electrons. The molecule has 1 fully saturated rings. The molecule has 2 unspecified atom stereocenters. The molecule has 0 aromatic carbocycles. The number of hydrogen-bond donors (Lipinski definition) is 1. The van der Waals surface area contributed by atoms with Crippen molar-refractivity contribution in [1.82, 2.24) is 4.90 Å². The molecule has 120 valence electrons. The molecule has 1 aliphatic rings. The summed E-state index contributed by atoms with van der Waals surface area (Å²) < 4.78 is 0. The minimum atomic E-state index is 0.665. The van der Waals surface area contributed by atoms with Crippen molar-refractivity contribution in [3.8, 4) is 0 Å². The van der Waals surface area contributed by atoms with Gasteiger partial charge in [-0.15, -0.1) is 0 Å². The van der Waals surface area contributed by atoms with E-state index in [2.05, 4.69) is 18.7 Å². The van der Waals surface area contributed by atoms with Crippen LogP contribution < -0.4 is 5.73 Å². The smallest absolute Gasteiger partial charge is 0.0246 e. The van der Waals surface area contributed by atoms with Crippen LogP contribution in [-0.4, -0.2) is 30.6 Å². The van der Waals surface area contributed by atoms with Crippen LogP contribution in [0.25, 0.3) is 0 Å². The maximum atomic E-state index is 6.02. The van der Waals surface area contributed by atoms with E-state index in [1.165, 1.54) is 83.7 Å². The topological polar surface area (TPSA) is 29.3 Å². The van der Waals surface area contributed by atoms with Gasteiger partial charge < -0.3 is 5.73 Å². The molecular formula is C18H38N2. The zero-order chi connectivity index (χ0) is 14.6. The third kappa shape index (κ3) is 6.58. The minimum Gasteiger partial charge on any atom is -0.329 e. The molecule has 1 heterocycles. The predicted molar refractivity (Wildman–Crippen MR) is 90.0 cm³/mol. The van der Waals surface area contributed by atoms with Crippen LogP contribution in [0.5, 0.6) is 0 Å². The van der Waals surface area contributed by atoms with E-state index in [1.54, 1.807) is 0 Å². The van der Waals surface area contributed by atoms with E-state index in [1.807, 2.05) is 0 Å². The van der Waals surface area contributed by atoms with Gasteiger partial charge in [0.15, 0.2) is 0 Å². The molecule has 2 nitrogen and oxygen atoms in total. The van der Waals surface area contributed by atoms with Crippen LogP contribution in [0, 0.1) is 5.92 Å². The summed E-state index contributed by atoms with van der Waals surface area (Å²) in [6.45, 7) is 8.04. The summed E-state index contributed by atoms with van der Waals surface area (Å²) in [6.07, 6.45) is 15.4. The van der Waals surface area contributed by atoms with Crippen LogP contribution in [0.3, 0.4) is 0 Å². The van der Waals surface area contributed by atoms with E-state index in [-0.39, 0.29) is 0 Å². The van der Waals surface area contributed by atoms with Gasteiger partial charge >= 0.3 is 0 Å². The normalized spacial score (nSPS) is 24.1. The Hall–Kier alpha value is -0.0800. The number of hydrogen-bond acceptors (Lipinski definition) is 2. The van der Waals surface area contributed by atoms with Gasteiger partial charge in [0.05, 0.1) is 0 Å². The van der Waals surface area contributed by atoms with Gasteiger partial charge in [0.2, 0.25) is 0 Å². The number of unbranched alkanes of at least 4 members (excludes halogenated alkanes) is 7. The Balaban J connectivity index is 2.07. The Morgan fingerprint density at radius 2 is 1.60 bits per heavy atom. The first kappa shape index (κ1) is 18.0. The molecule has 1 rings (SSSR count). The number of piperidine rings is 1. The third-order valence-electron chi connectivity index (χ3n) is 5.10. The van der Waals surface area contributed by atoms with E-state index >= 15 is 0 Å². The highest BCUT2D eigenvalue weighted by Gasteiger charge is 2.28. The second kappa shape index (κ2) is 11.6. The molecule has 0 amide bonds. The number of nitrogens with zero attached hydrogens (tertiary/aromatic N) is 1. The van der Waals surface area contributed by atoms with Gasteiger partial charge in [-0.2, -0.15) is 0 Å². The summed E-state index contributed by atoms with van der Waals surface area (Å²) in [6, 6.07) is 0.665. The maximum Gasteiger partial charge on any atom is 0.0246 e. The van der Waals surface area contributed by atoms with Gasteiger partial charge in [-0.05, 0) is 38.3 Å². The predicted octanol–water partition coefficient (Wildman–Crippen LogP) is 4.58. The van der Waals surface area contributed by atoms with Crippen molar-refractivity contribution < 1.29 is 0 Å². The molecular weight excluding hydrogens is 244 g/mol. The summed E-state index contributed by atoms with van der Waals surface area (Å²) in [5.41, 5.74) is 6.02. The monoisotopic (exact) mass is 282 g/mol. The zero-order valence-electron chi connectivity index (χ0n) is 14.1. The van der Waals surface area contributed by atoms with Crippen molar-refractivity contribution in [2.45, 2.75) is 90.5 Å². The van der Waals surface area contributed by atoms with E-state index < -0.39 is 0 Å². The average molecular weight is 283 g/mol. The lowest BCUT2D eigenvalue weighted by atomic mass is 9.87. The molecule has 1 saturated heterocycles. The molecule has 20 heavy (non-hydrogen) atoms. The van der Waals surface area contributed by atoms with Crippen LogP contribution in [0.2, 0.25) is 0 Å². The molecule has 2 N–H and O–H groups in total.